The van der Waals surface area contributed by atoms with Crippen LogP contribution in [-0.4, -0.2) is 23.0 Å². The van der Waals surface area contributed by atoms with Crippen LogP contribution in [0.2, 0.25) is 0 Å². The van der Waals surface area contributed by atoms with Gasteiger partial charge in [-0.3, -0.25) is 4.79 Å². The number of thioether (sulfide) groups is 1. The van der Waals surface area contributed by atoms with E-state index in [2.05, 4.69) is 16.8 Å². The molecule has 16 heavy (non-hydrogen) atoms. The van der Waals surface area contributed by atoms with Gasteiger partial charge in [0.1, 0.15) is 5.82 Å². The standard InChI is InChI=1S/C11H10FNO2S/c1-8(14)16-5-3-4-9-6-10(12)7-13-11(9)15-2/h6-7H,5H2,1-2H3. The smallest absolute Gasteiger partial charge is 0.229 e. The van der Waals surface area contributed by atoms with Crippen LogP contribution in [0.15, 0.2) is 12.3 Å². The molecule has 1 rings (SSSR count). The number of rotatable bonds is 2. The fraction of sp³-hybridized carbons (Fsp3) is 0.273. The average molecular weight is 239 g/mol. The zero-order valence-corrected chi connectivity index (χ0v) is 9.73. The molecule has 0 amide bonds. The van der Waals surface area contributed by atoms with Crippen molar-refractivity contribution in [2.24, 2.45) is 0 Å². The van der Waals surface area contributed by atoms with Crippen molar-refractivity contribution in [3.63, 3.8) is 0 Å². The molecule has 1 aromatic rings. The molecule has 0 spiro atoms. The van der Waals surface area contributed by atoms with Crippen LogP contribution in [0.3, 0.4) is 0 Å². The molecule has 0 saturated heterocycles. The van der Waals surface area contributed by atoms with E-state index in [-0.39, 0.29) is 11.0 Å². The summed E-state index contributed by atoms with van der Waals surface area (Å²) in [7, 11) is 1.44. The molecule has 1 aromatic heterocycles. The van der Waals surface area contributed by atoms with Gasteiger partial charge in [0.25, 0.3) is 0 Å². The summed E-state index contributed by atoms with van der Waals surface area (Å²) in [6, 6.07) is 1.25. The number of carbonyl (C=O) groups is 1. The molecule has 84 valence electrons. The Morgan fingerprint density at radius 2 is 2.44 bits per heavy atom. The number of aromatic nitrogens is 1. The average Bonchev–Trinajstić information content (AvgIpc) is 2.24. The van der Waals surface area contributed by atoms with Gasteiger partial charge in [-0.05, 0) is 6.07 Å². The van der Waals surface area contributed by atoms with Gasteiger partial charge in [-0.15, -0.1) is 0 Å². The number of ether oxygens (including phenoxy) is 1. The molecule has 0 aliphatic carbocycles. The van der Waals surface area contributed by atoms with Crippen molar-refractivity contribution < 1.29 is 13.9 Å². The van der Waals surface area contributed by atoms with Crippen molar-refractivity contribution in [2.75, 3.05) is 12.9 Å². The maximum Gasteiger partial charge on any atom is 0.229 e. The molecule has 0 N–H and O–H groups in total. The maximum atomic E-state index is 12.9. The largest absolute Gasteiger partial charge is 0.480 e. The predicted octanol–water partition coefficient (Wildman–Crippen LogP) is 1.86. The van der Waals surface area contributed by atoms with Crippen LogP contribution in [0.4, 0.5) is 4.39 Å². The highest BCUT2D eigenvalue weighted by atomic mass is 32.2. The Morgan fingerprint density at radius 3 is 3.06 bits per heavy atom. The molecule has 1 heterocycles. The summed E-state index contributed by atoms with van der Waals surface area (Å²) in [5.41, 5.74) is 0.381. The zero-order chi connectivity index (χ0) is 12.0. The minimum Gasteiger partial charge on any atom is -0.480 e. The van der Waals surface area contributed by atoms with Gasteiger partial charge in [0.2, 0.25) is 5.88 Å². The molecule has 0 aliphatic rings. The van der Waals surface area contributed by atoms with E-state index in [1.54, 1.807) is 0 Å². The summed E-state index contributed by atoms with van der Waals surface area (Å²) in [4.78, 5) is 14.4. The fourth-order valence-electron chi connectivity index (χ4n) is 0.948. The number of pyridine rings is 1. The topological polar surface area (TPSA) is 39.2 Å². The molecule has 0 atom stereocenters. The van der Waals surface area contributed by atoms with Crippen LogP contribution in [0, 0.1) is 17.7 Å². The lowest BCUT2D eigenvalue weighted by atomic mass is 10.2. The normalized spacial score (nSPS) is 9.19. The van der Waals surface area contributed by atoms with Gasteiger partial charge in [-0.25, -0.2) is 9.37 Å². The number of methoxy groups -OCH3 is 1. The number of carbonyl (C=O) groups excluding carboxylic acids is 1. The number of hydrogen-bond donors (Lipinski definition) is 0. The van der Waals surface area contributed by atoms with E-state index in [9.17, 15) is 9.18 Å². The second-order valence-corrected chi connectivity index (χ2v) is 3.94. The second kappa shape index (κ2) is 6.13. The van der Waals surface area contributed by atoms with Gasteiger partial charge in [0.05, 0.1) is 24.6 Å². The van der Waals surface area contributed by atoms with Crippen LogP contribution in [-0.2, 0) is 4.79 Å². The lowest BCUT2D eigenvalue weighted by Gasteiger charge is -2.00. The van der Waals surface area contributed by atoms with E-state index in [4.69, 9.17) is 4.74 Å². The summed E-state index contributed by atoms with van der Waals surface area (Å²) >= 11 is 1.10. The summed E-state index contributed by atoms with van der Waals surface area (Å²) in [6.07, 6.45) is 1.06. The highest BCUT2D eigenvalue weighted by molar-refractivity contribution is 8.13. The highest BCUT2D eigenvalue weighted by Crippen LogP contribution is 2.14. The molecule has 0 fully saturated rings. The van der Waals surface area contributed by atoms with Crippen molar-refractivity contribution in [2.45, 2.75) is 6.92 Å². The van der Waals surface area contributed by atoms with E-state index < -0.39 is 5.82 Å². The SMILES string of the molecule is COc1ncc(F)cc1C#CCSC(C)=O. The number of nitrogens with zero attached hydrogens (tertiary/aromatic N) is 1. The molecule has 3 nitrogen and oxygen atoms in total. The molecule has 5 heteroatoms. The lowest BCUT2D eigenvalue weighted by molar-refractivity contribution is -0.109. The van der Waals surface area contributed by atoms with Crippen molar-refractivity contribution in [3.05, 3.63) is 23.6 Å². The summed E-state index contributed by atoms with van der Waals surface area (Å²) in [6.45, 7) is 1.47. The fourth-order valence-corrected chi connectivity index (χ4v) is 1.30. The monoisotopic (exact) mass is 239 g/mol. The minimum absolute atomic E-state index is 0.00127. The molecule has 0 radical (unpaired) electrons. The van der Waals surface area contributed by atoms with Gasteiger partial charge < -0.3 is 4.74 Å². The van der Waals surface area contributed by atoms with Crippen molar-refractivity contribution in [1.29, 1.82) is 0 Å². The molecule has 0 bridgehead atoms. The van der Waals surface area contributed by atoms with E-state index >= 15 is 0 Å². The van der Waals surface area contributed by atoms with Crippen LogP contribution in [0.25, 0.3) is 0 Å². The van der Waals surface area contributed by atoms with Gasteiger partial charge in [0, 0.05) is 6.92 Å². The number of hydrogen-bond acceptors (Lipinski definition) is 4. The third kappa shape index (κ3) is 3.91. The molecular weight excluding hydrogens is 229 g/mol. The Balaban J connectivity index is 2.78. The highest BCUT2D eigenvalue weighted by Gasteiger charge is 2.02. The van der Waals surface area contributed by atoms with Crippen molar-refractivity contribution >= 4 is 16.9 Å². The van der Waals surface area contributed by atoms with Gasteiger partial charge in [-0.1, -0.05) is 23.6 Å². The Bertz CT molecular complexity index is 451. The van der Waals surface area contributed by atoms with E-state index in [0.29, 0.717) is 11.3 Å². The molecule has 0 unspecified atom stereocenters. The van der Waals surface area contributed by atoms with Gasteiger partial charge in [0.15, 0.2) is 5.12 Å². The maximum absolute atomic E-state index is 12.9. The molecular formula is C11H10FNO2S. The minimum atomic E-state index is -0.468. The number of halogens is 1. The summed E-state index contributed by atoms with van der Waals surface area (Å²) in [5, 5.41) is -0.00127. The van der Waals surface area contributed by atoms with E-state index in [1.165, 1.54) is 20.1 Å². The Labute approximate surface area is 97.4 Å². The Kier molecular flexibility index (Phi) is 4.80. The van der Waals surface area contributed by atoms with Crippen LogP contribution in [0.5, 0.6) is 5.88 Å². The quantitative estimate of drug-likeness (QED) is 0.738. The Hall–Kier alpha value is -1.54. The Morgan fingerprint density at radius 1 is 1.69 bits per heavy atom. The summed E-state index contributed by atoms with van der Waals surface area (Å²) < 4.78 is 17.8. The third-order valence-electron chi connectivity index (χ3n) is 1.58. The zero-order valence-electron chi connectivity index (χ0n) is 8.91. The first-order chi connectivity index (χ1) is 7.63. The molecule has 0 aliphatic heterocycles. The first kappa shape index (κ1) is 12.5. The van der Waals surface area contributed by atoms with Gasteiger partial charge >= 0.3 is 0 Å². The second-order valence-electron chi connectivity index (χ2n) is 2.79. The molecule has 0 saturated carbocycles. The van der Waals surface area contributed by atoms with Crippen LogP contribution < -0.4 is 4.74 Å². The first-order valence-electron chi connectivity index (χ1n) is 4.45. The van der Waals surface area contributed by atoms with Gasteiger partial charge in [-0.2, -0.15) is 0 Å². The van der Waals surface area contributed by atoms with Crippen LogP contribution in [0.1, 0.15) is 12.5 Å². The van der Waals surface area contributed by atoms with E-state index in [1.807, 2.05) is 0 Å². The lowest BCUT2D eigenvalue weighted by Crippen LogP contribution is -1.93. The first-order valence-corrected chi connectivity index (χ1v) is 5.44. The summed E-state index contributed by atoms with van der Waals surface area (Å²) in [5.74, 6) is 5.63. The van der Waals surface area contributed by atoms with Crippen molar-refractivity contribution in [3.8, 4) is 17.7 Å². The third-order valence-corrected chi connectivity index (χ3v) is 2.28. The van der Waals surface area contributed by atoms with E-state index in [0.717, 1.165) is 18.0 Å². The predicted molar refractivity (Wildman–Crippen MR) is 60.8 cm³/mol. The van der Waals surface area contributed by atoms with Crippen LogP contribution >= 0.6 is 11.8 Å². The van der Waals surface area contributed by atoms with Crippen molar-refractivity contribution in [1.82, 2.24) is 4.98 Å². The molecule has 0 aromatic carbocycles.